The van der Waals surface area contributed by atoms with E-state index in [1.54, 1.807) is 4.90 Å². The summed E-state index contributed by atoms with van der Waals surface area (Å²) in [6.45, 7) is 6.68. The zero-order chi connectivity index (χ0) is 19.1. The number of hydrogen-bond donors (Lipinski definition) is 0. The third-order valence-electron chi connectivity index (χ3n) is 6.43. The number of carbonyl (C=O) groups is 1. The van der Waals surface area contributed by atoms with Crippen LogP contribution < -0.4 is 0 Å². The Balaban J connectivity index is 1.41. The van der Waals surface area contributed by atoms with Gasteiger partial charge < -0.3 is 9.64 Å². The largest absolute Gasteiger partial charge is 0.379 e. The summed E-state index contributed by atoms with van der Waals surface area (Å²) < 4.78 is 30.3. The van der Waals surface area contributed by atoms with Gasteiger partial charge in [-0.15, -0.1) is 0 Å². The third kappa shape index (κ3) is 3.52. The maximum Gasteiger partial charge on any atom is 0.227 e. The first-order chi connectivity index (χ1) is 12.9. The molecule has 0 bridgehead atoms. The van der Waals surface area contributed by atoms with Crippen molar-refractivity contribution in [2.75, 3.05) is 51.7 Å². The van der Waals surface area contributed by atoms with E-state index >= 15 is 0 Å². The summed E-state index contributed by atoms with van der Waals surface area (Å²) in [6, 6.07) is 7.94. The first-order valence-corrected chi connectivity index (χ1v) is 11.4. The number of amides is 1. The summed E-state index contributed by atoms with van der Waals surface area (Å²) in [6.07, 6.45) is 1.05. The van der Waals surface area contributed by atoms with Gasteiger partial charge in [0.25, 0.3) is 0 Å². The van der Waals surface area contributed by atoms with Gasteiger partial charge in [0.2, 0.25) is 5.91 Å². The lowest BCUT2D eigenvalue weighted by molar-refractivity contribution is -0.136. The van der Waals surface area contributed by atoms with Crippen LogP contribution in [0.2, 0.25) is 0 Å². The minimum atomic E-state index is -3.15. The Morgan fingerprint density at radius 2 is 1.85 bits per heavy atom. The topological polar surface area (TPSA) is 66.9 Å². The average molecular weight is 393 g/mol. The average Bonchev–Trinajstić information content (AvgIpc) is 2.87. The van der Waals surface area contributed by atoms with E-state index in [2.05, 4.69) is 4.90 Å². The monoisotopic (exact) mass is 392 g/mol. The number of rotatable bonds is 4. The summed E-state index contributed by atoms with van der Waals surface area (Å²) in [5, 5.41) is 0. The zero-order valence-corrected chi connectivity index (χ0v) is 16.7. The van der Waals surface area contributed by atoms with E-state index in [-0.39, 0.29) is 17.6 Å². The molecule has 1 atom stereocenters. The van der Waals surface area contributed by atoms with Crippen molar-refractivity contribution in [3.05, 3.63) is 35.4 Å². The number of nitrogens with zero attached hydrogens (tertiary/aromatic N) is 2. The van der Waals surface area contributed by atoms with Crippen LogP contribution in [-0.2, 0) is 25.8 Å². The van der Waals surface area contributed by atoms with Gasteiger partial charge in [0.15, 0.2) is 9.84 Å². The molecule has 6 nitrogen and oxygen atoms in total. The number of morpholine rings is 1. The molecule has 3 fully saturated rings. The number of sulfone groups is 1. The first-order valence-electron chi connectivity index (χ1n) is 9.75. The number of aryl methyl sites for hydroxylation is 1. The van der Waals surface area contributed by atoms with E-state index in [9.17, 15) is 13.2 Å². The summed E-state index contributed by atoms with van der Waals surface area (Å²) in [7, 11) is -3.15. The standard InChI is InChI=1S/C20H28N2O4S/c1-16-2-4-17(5-3-16)12-19(23)22-14-20(15-22)18(6-11-27(20,24)25)13-21-7-9-26-10-8-21/h2-5,18H,6-15H2,1H3. The van der Waals surface area contributed by atoms with Gasteiger partial charge in [-0.3, -0.25) is 9.69 Å². The number of carbonyl (C=O) groups excluding carboxylic acids is 1. The highest BCUT2D eigenvalue weighted by molar-refractivity contribution is 7.93. The predicted octanol–water partition coefficient (Wildman–Crippen LogP) is 0.885. The normalized spacial score (nSPS) is 26.9. The molecule has 0 radical (unpaired) electrons. The second-order valence-corrected chi connectivity index (χ2v) is 10.6. The summed E-state index contributed by atoms with van der Waals surface area (Å²) in [4.78, 5) is 16.7. The second-order valence-electron chi connectivity index (χ2n) is 8.19. The Hall–Kier alpha value is -1.44. The van der Waals surface area contributed by atoms with Gasteiger partial charge in [-0.2, -0.15) is 0 Å². The van der Waals surface area contributed by atoms with Crippen LogP contribution in [-0.4, -0.2) is 80.6 Å². The van der Waals surface area contributed by atoms with E-state index < -0.39 is 14.6 Å². The van der Waals surface area contributed by atoms with Gasteiger partial charge in [0, 0.05) is 32.7 Å². The van der Waals surface area contributed by atoms with Gasteiger partial charge in [-0.05, 0) is 24.8 Å². The van der Waals surface area contributed by atoms with E-state index in [0.717, 1.165) is 30.8 Å². The third-order valence-corrected chi connectivity index (χ3v) is 9.03. The van der Waals surface area contributed by atoms with Crippen molar-refractivity contribution in [3.63, 3.8) is 0 Å². The SMILES string of the molecule is Cc1ccc(CC(=O)N2CC3(C2)C(CN2CCOCC2)CCS3(=O)=O)cc1. The molecule has 148 valence electrons. The molecule has 1 spiro atoms. The van der Waals surface area contributed by atoms with Crippen LogP contribution in [0.3, 0.4) is 0 Å². The highest BCUT2D eigenvalue weighted by atomic mass is 32.2. The van der Waals surface area contributed by atoms with Crippen molar-refractivity contribution in [2.24, 2.45) is 5.92 Å². The summed E-state index contributed by atoms with van der Waals surface area (Å²) in [5.41, 5.74) is 2.14. The van der Waals surface area contributed by atoms with Crippen LogP contribution in [0.4, 0.5) is 0 Å². The van der Waals surface area contributed by atoms with Crippen LogP contribution in [0.1, 0.15) is 17.5 Å². The fourth-order valence-corrected chi connectivity index (χ4v) is 7.00. The van der Waals surface area contributed by atoms with Gasteiger partial charge in [-0.1, -0.05) is 29.8 Å². The van der Waals surface area contributed by atoms with E-state index in [1.165, 1.54) is 0 Å². The Kier molecular flexibility index (Phi) is 5.03. The minimum Gasteiger partial charge on any atom is -0.379 e. The molecule has 1 unspecified atom stereocenters. The Morgan fingerprint density at radius 3 is 2.52 bits per heavy atom. The van der Waals surface area contributed by atoms with Crippen molar-refractivity contribution < 1.29 is 17.9 Å². The molecule has 4 rings (SSSR count). The van der Waals surface area contributed by atoms with Crippen LogP contribution in [0.5, 0.6) is 0 Å². The Bertz CT molecular complexity index is 794. The molecule has 7 heteroatoms. The smallest absolute Gasteiger partial charge is 0.227 e. The quantitative estimate of drug-likeness (QED) is 0.761. The van der Waals surface area contributed by atoms with Gasteiger partial charge in [-0.25, -0.2) is 8.42 Å². The van der Waals surface area contributed by atoms with Gasteiger partial charge in [0.1, 0.15) is 4.75 Å². The molecule has 1 aromatic rings. The van der Waals surface area contributed by atoms with Crippen LogP contribution in [0, 0.1) is 12.8 Å². The maximum atomic E-state index is 12.8. The molecule has 0 N–H and O–H groups in total. The molecule has 0 aromatic heterocycles. The molecule has 3 aliphatic heterocycles. The lowest BCUT2D eigenvalue weighted by atomic mass is 9.82. The van der Waals surface area contributed by atoms with E-state index in [0.29, 0.717) is 39.1 Å². The van der Waals surface area contributed by atoms with Crippen molar-refractivity contribution in [2.45, 2.75) is 24.5 Å². The van der Waals surface area contributed by atoms with Crippen LogP contribution in [0.15, 0.2) is 24.3 Å². The number of benzene rings is 1. The first kappa shape index (κ1) is 18.9. The molecular weight excluding hydrogens is 364 g/mol. The second kappa shape index (κ2) is 7.18. The molecule has 1 aromatic carbocycles. The molecular formula is C20H28N2O4S. The van der Waals surface area contributed by atoms with Crippen molar-refractivity contribution in [1.82, 2.24) is 9.80 Å². The molecule has 3 heterocycles. The molecule has 0 aliphatic carbocycles. The van der Waals surface area contributed by atoms with Crippen LogP contribution in [0.25, 0.3) is 0 Å². The molecule has 3 aliphatic rings. The van der Waals surface area contributed by atoms with E-state index in [4.69, 9.17) is 4.74 Å². The van der Waals surface area contributed by atoms with Crippen LogP contribution >= 0.6 is 0 Å². The molecule has 0 saturated carbocycles. The molecule has 1 amide bonds. The fraction of sp³-hybridized carbons (Fsp3) is 0.650. The predicted molar refractivity (Wildman–Crippen MR) is 103 cm³/mol. The lowest BCUT2D eigenvalue weighted by Crippen LogP contribution is -2.69. The van der Waals surface area contributed by atoms with Crippen molar-refractivity contribution >= 4 is 15.7 Å². The van der Waals surface area contributed by atoms with Crippen molar-refractivity contribution in [1.29, 1.82) is 0 Å². The van der Waals surface area contributed by atoms with Crippen molar-refractivity contribution in [3.8, 4) is 0 Å². The molecule has 3 saturated heterocycles. The Morgan fingerprint density at radius 1 is 1.19 bits per heavy atom. The zero-order valence-electron chi connectivity index (χ0n) is 15.9. The van der Waals surface area contributed by atoms with Gasteiger partial charge in [0.05, 0.1) is 25.4 Å². The lowest BCUT2D eigenvalue weighted by Gasteiger charge is -2.51. The highest BCUT2D eigenvalue weighted by Gasteiger charge is 2.62. The fourth-order valence-electron chi connectivity index (χ4n) is 4.59. The molecule has 27 heavy (non-hydrogen) atoms. The number of ether oxygens (including phenoxy) is 1. The number of likely N-dealkylation sites (tertiary alicyclic amines) is 1. The van der Waals surface area contributed by atoms with Gasteiger partial charge >= 0.3 is 0 Å². The van der Waals surface area contributed by atoms with E-state index in [1.807, 2.05) is 31.2 Å². The maximum absolute atomic E-state index is 12.8. The Labute approximate surface area is 161 Å². The summed E-state index contributed by atoms with van der Waals surface area (Å²) >= 11 is 0. The summed E-state index contributed by atoms with van der Waals surface area (Å²) in [5.74, 6) is 0.392. The number of hydrogen-bond acceptors (Lipinski definition) is 5. The highest BCUT2D eigenvalue weighted by Crippen LogP contribution is 2.45. The minimum absolute atomic E-state index is 0.0247.